The van der Waals surface area contributed by atoms with E-state index in [0.717, 1.165) is 12.5 Å². The molecule has 0 aromatic carbocycles. The zero-order valence-electron chi connectivity index (χ0n) is 12.5. The zero-order valence-corrected chi connectivity index (χ0v) is 13.5. The number of hydrogen-bond donors (Lipinski definition) is 1. The molecule has 0 saturated carbocycles. The van der Waals surface area contributed by atoms with E-state index in [9.17, 15) is 4.79 Å². The summed E-state index contributed by atoms with van der Waals surface area (Å²) in [5, 5.41) is 2.79. The van der Waals surface area contributed by atoms with E-state index in [1.807, 2.05) is 20.6 Å². The van der Waals surface area contributed by atoms with Crippen LogP contribution in [0.2, 0.25) is 12.6 Å². The van der Waals surface area contributed by atoms with Gasteiger partial charge in [0.1, 0.15) is 13.4 Å². The van der Waals surface area contributed by atoms with Crippen molar-refractivity contribution in [2.24, 2.45) is 0 Å². The van der Waals surface area contributed by atoms with Gasteiger partial charge in [-0.3, -0.25) is 4.79 Å². The fourth-order valence-corrected chi connectivity index (χ4v) is 4.03. The normalized spacial score (nSPS) is 10.5. The van der Waals surface area contributed by atoms with Crippen LogP contribution in [-0.4, -0.2) is 54.7 Å². The summed E-state index contributed by atoms with van der Waals surface area (Å²) < 4.78 is 16.1. The molecule has 0 heterocycles. The van der Waals surface area contributed by atoms with E-state index in [0.29, 0.717) is 19.8 Å². The van der Waals surface area contributed by atoms with Crippen molar-refractivity contribution in [3.63, 3.8) is 0 Å². The molecule has 0 saturated heterocycles. The van der Waals surface area contributed by atoms with Gasteiger partial charge in [0.15, 0.2) is 0 Å². The van der Waals surface area contributed by atoms with Crippen molar-refractivity contribution in [3.8, 4) is 0 Å². The van der Waals surface area contributed by atoms with Crippen molar-refractivity contribution in [3.05, 3.63) is 0 Å². The highest BCUT2D eigenvalue weighted by atomic mass is 28.4. The second kappa shape index (κ2) is 13.7. The summed E-state index contributed by atoms with van der Waals surface area (Å²) in [6.07, 6.45) is 0.873. The van der Waals surface area contributed by atoms with Gasteiger partial charge < -0.3 is 23.7 Å². The Kier molecular flexibility index (Phi) is 14.8. The highest BCUT2D eigenvalue weighted by molar-refractivity contribution is 6.66. The largest absolute Gasteiger partial charge is 0.395 e. The fourth-order valence-electron chi connectivity index (χ4n) is 1.62. The number of carbonyl (C=O) groups is 2. The summed E-state index contributed by atoms with van der Waals surface area (Å²) in [7, 11) is -0.515. The van der Waals surface area contributed by atoms with Crippen molar-refractivity contribution < 1.29 is 23.2 Å². The van der Waals surface area contributed by atoms with Gasteiger partial charge in [0.25, 0.3) is 0 Å². The second-order valence-electron chi connectivity index (χ2n) is 3.89. The number of carbonyl (C=O) groups excluding carboxylic acids is 2. The molecule has 0 bridgehead atoms. The van der Waals surface area contributed by atoms with Gasteiger partial charge in [-0.15, -0.1) is 0 Å². The number of ether oxygens (including phenoxy) is 1. The van der Waals surface area contributed by atoms with E-state index in [1.54, 1.807) is 0 Å². The Hall–Kier alpha value is -0.763. The van der Waals surface area contributed by atoms with Crippen LogP contribution in [0.1, 0.15) is 20.3 Å². The summed E-state index contributed by atoms with van der Waals surface area (Å²) in [6.45, 7) is 10.1. The molecule has 0 rings (SSSR count). The third-order valence-corrected chi connectivity index (χ3v) is 5.37. The highest BCUT2D eigenvalue weighted by Crippen LogP contribution is 2.15. The lowest BCUT2D eigenvalue weighted by Crippen LogP contribution is -2.39. The minimum Gasteiger partial charge on any atom is -0.395 e. The van der Waals surface area contributed by atoms with Gasteiger partial charge in [0.05, 0.1) is 0 Å². The Bertz CT molecular complexity index is 222. The lowest BCUT2D eigenvalue weighted by atomic mass is 10.4. The lowest BCUT2D eigenvalue weighted by molar-refractivity contribution is -0.124. The highest BCUT2D eigenvalue weighted by Gasteiger charge is 2.29. The van der Waals surface area contributed by atoms with Gasteiger partial charge in [-0.1, -0.05) is 0 Å². The van der Waals surface area contributed by atoms with Crippen LogP contribution in [0.5, 0.6) is 0 Å². The Morgan fingerprint density at radius 1 is 1.21 bits per heavy atom. The van der Waals surface area contributed by atoms with Crippen molar-refractivity contribution in [2.75, 3.05) is 33.5 Å². The first kappa shape index (κ1) is 20.6. The maximum Gasteiger partial charge on any atom is 0.334 e. The number of methoxy groups -OCH3 is 1. The third kappa shape index (κ3) is 12.0. The van der Waals surface area contributed by atoms with Crippen LogP contribution in [0.15, 0.2) is 0 Å². The van der Waals surface area contributed by atoms with E-state index in [-0.39, 0.29) is 12.5 Å². The summed E-state index contributed by atoms with van der Waals surface area (Å²) in [6, 6.07) is 0.891. The fraction of sp³-hybridized carbons (Fsp3) is 0.833. The lowest BCUT2D eigenvalue weighted by Gasteiger charge is -2.25. The predicted octanol–water partition coefficient (Wildman–Crippen LogP) is 1.10. The van der Waals surface area contributed by atoms with Crippen molar-refractivity contribution in [2.45, 2.75) is 32.9 Å². The molecule has 6 nitrogen and oxygen atoms in total. The molecule has 0 aromatic rings. The Morgan fingerprint density at radius 3 is 2.16 bits per heavy atom. The minimum absolute atomic E-state index is 0.0799. The predicted molar refractivity (Wildman–Crippen MR) is 76.3 cm³/mol. The van der Waals surface area contributed by atoms with Gasteiger partial charge in [-0.05, 0) is 32.9 Å². The molecule has 1 amide bonds. The molecule has 1 N–H and O–H groups in total. The van der Waals surface area contributed by atoms with Gasteiger partial charge in [-0.25, -0.2) is 0 Å². The average molecular weight is 293 g/mol. The standard InChI is InChI=1S/C11H25NO4Si.CH2O/c1-5-15-17(4,16-6-2)9-7-8-12-11(13)10-14-3;1-2/h5-10H2,1-4H3,(H,12,13);1H2. The first-order valence-corrected chi connectivity index (χ1v) is 8.92. The first-order valence-electron chi connectivity index (χ1n) is 6.40. The molecule has 7 heteroatoms. The topological polar surface area (TPSA) is 73.9 Å². The van der Waals surface area contributed by atoms with Crippen LogP contribution < -0.4 is 5.32 Å². The smallest absolute Gasteiger partial charge is 0.334 e. The van der Waals surface area contributed by atoms with Crippen LogP contribution in [-0.2, 0) is 23.2 Å². The molecular formula is C12H27NO5Si. The molecule has 0 aliphatic rings. The van der Waals surface area contributed by atoms with Gasteiger partial charge >= 0.3 is 8.56 Å². The molecule has 0 unspecified atom stereocenters. The molecule has 19 heavy (non-hydrogen) atoms. The number of amides is 1. The van der Waals surface area contributed by atoms with Crippen molar-refractivity contribution in [1.82, 2.24) is 5.32 Å². The van der Waals surface area contributed by atoms with Crippen molar-refractivity contribution >= 4 is 21.3 Å². The molecule has 0 spiro atoms. The van der Waals surface area contributed by atoms with E-state index in [1.165, 1.54) is 7.11 Å². The van der Waals surface area contributed by atoms with Crippen LogP contribution in [0.3, 0.4) is 0 Å². The van der Waals surface area contributed by atoms with Crippen LogP contribution in [0, 0.1) is 0 Å². The van der Waals surface area contributed by atoms with Gasteiger partial charge in [0.2, 0.25) is 5.91 Å². The molecular weight excluding hydrogens is 266 g/mol. The Morgan fingerprint density at radius 2 is 1.74 bits per heavy atom. The van der Waals surface area contributed by atoms with Crippen LogP contribution in [0.25, 0.3) is 0 Å². The summed E-state index contributed by atoms with van der Waals surface area (Å²) in [5.41, 5.74) is 0. The van der Waals surface area contributed by atoms with E-state index < -0.39 is 8.56 Å². The maximum absolute atomic E-state index is 11.1. The summed E-state index contributed by atoms with van der Waals surface area (Å²) in [5.74, 6) is -0.0799. The van der Waals surface area contributed by atoms with E-state index in [2.05, 4.69) is 11.9 Å². The molecule has 0 fully saturated rings. The monoisotopic (exact) mass is 293 g/mol. The maximum atomic E-state index is 11.1. The van der Waals surface area contributed by atoms with Crippen molar-refractivity contribution in [1.29, 1.82) is 0 Å². The van der Waals surface area contributed by atoms with Crippen LogP contribution >= 0.6 is 0 Å². The molecule has 0 atom stereocenters. The van der Waals surface area contributed by atoms with Gasteiger partial charge in [-0.2, -0.15) is 0 Å². The molecule has 0 radical (unpaired) electrons. The molecule has 0 aromatic heterocycles. The average Bonchev–Trinajstić information content (AvgIpc) is 2.38. The molecule has 114 valence electrons. The second-order valence-corrected chi connectivity index (χ2v) is 7.23. The Balaban J connectivity index is 0. The zero-order chi connectivity index (χ0) is 15.1. The number of rotatable bonds is 10. The summed E-state index contributed by atoms with van der Waals surface area (Å²) in [4.78, 5) is 19.1. The SMILES string of the molecule is C=O.CCO[Si](C)(CCCNC(=O)COC)OCC. The van der Waals surface area contributed by atoms with E-state index >= 15 is 0 Å². The van der Waals surface area contributed by atoms with E-state index in [4.69, 9.17) is 18.4 Å². The van der Waals surface area contributed by atoms with Gasteiger partial charge in [0, 0.05) is 26.9 Å². The summed E-state index contributed by atoms with van der Waals surface area (Å²) >= 11 is 0. The number of hydrogen-bond acceptors (Lipinski definition) is 5. The molecule has 0 aliphatic carbocycles. The quantitative estimate of drug-likeness (QED) is 0.482. The molecule has 0 aliphatic heterocycles. The first-order chi connectivity index (χ1) is 9.08. The van der Waals surface area contributed by atoms with Crippen LogP contribution in [0.4, 0.5) is 0 Å². The number of nitrogens with one attached hydrogen (secondary N) is 1. The third-order valence-electron chi connectivity index (χ3n) is 2.30. The minimum atomic E-state index is -2.02. The Labute approximate surface area is 117 Å².